The van der Waals surface area contributed by atoms with E-state index in [2.05, 4.69) is 5.32 Å². The largest absolute Gasteiger partial charge is 0.298 e. The lowest BCUT2D eigenvalue weighted by Crippen LogP contribution is -2.19. The Morgan fingerprint density at radius 2 is 2.43 bits per heavy atom. The molecule has 39 valence electrons. The molecule has 0 amide bonds. The maximum absolute atomic E-state index is 8.13. The minimum absolute atomic E-state index is 0.0509. The van der Waals surface area contributed by atoms with Gasteiger partial charge in [0, 0.05) is 6.54 Å². The first-order valence-electron chi connectivity index (χ1n) is 2.24. The smallest absolute Gasteiger partial charge is 0.0927 e. The lowest BCUT2D eigenvalue weighted by atomic mass is 10.4. The molecule has 1 unspecified atom stereocenters. The van der Waals surface area contributed by atoms with E-state index in [4.69, 9.17) is 5.26 Å². The lowest BCUT2D eigenvalue weighted by molar-refractivity contribution is 0.733. The van der Waals surface area contributed by atoms with Crippen LogP contribution in [0.2, 0.25) is 0 Å². The van der Waals surface area contributed by atoms with Gasteiger partial charge in [-0.25, -0.2) is 0 Å². The van der Waals surface area contributed by atoms with Gasteiger partial charge in [-0.1, -0.05) is 0 Å². The Labute approximate surface area is 44.1 Å². The third kappa shape index (κ3) is 3.28. The Hall–Kier alpha value is -0.550. The van der Waals surface area contributed by atoms with Gasteiger partial charge in [-0.15, -0.1) is 0 Å². The zero-order chi connectivity index (χ0) is 5.70. The molecule has 2 nitrogen and oxygen atoms in total. The monoisotopic (exact) mass is 97.1 g/mol. The fourth-order valence-corrected chi connectivity index (χ4v) is 0.287. The lowest BCUT2D eigenvalue weighted by Gasteiger charge is -1.97. The summed E-state index contributed by atoms with van der Waals surface area (Å²) < 4.78 is 0. The van der Waals surface area contributed by atoms with Gasteiger partial charge in [-0.05, 0) is 13.8 Å². The van der Waals surface area contributed by atoms with Crippen LogP contribution in [-0.2, 0) is 0 Å². The fraction of sp³-hybridized carbons (Fsp3) is 0.600. The maximum Gasteiger partial charge on any atom is 0.0927 e. The second-order valence-corrected chi connectivity index (χ2v) is 1.31. The SMILES string of the molecule is C[CH]NC(C)C#N. The van der Waals surface area contributed by atoms with Crippen molar-refractivity contribution in [2.75, 3.05) is 0 Å². The average molecular weight is 97.1 g/mol. The molecule has 0 aromatic rings. The molecule has 7 heavy (non-hydrogen) atoms. The number of hydrogen-bond donors (Lipinski definition) is 1. The molecule has 0 saturated carbocycles. The maximum atomic E-state index is 8.13. The third-order valence-electron chi connectivity index (χ3n) is 0.610. The van der Waals surface area contributed by atoms with E-state index in [1.54, 1.807) is 13.5 Å². The summed E-state index contributed by atoms with van der Waals surface area (Å²) in [6, 6.07) is 1.97. The number of nitrogens with one attached hydrogen (secondary N) is 1. The van der Waals surface area contributed by atoms with Crippen molar-refractivity contribution < 1.29 is 0 Å². The highest BCUT2D eigenvalue weighted by atomic mass is 14.9. The highest BCUT2D eigenvalue weighted by molar-refractivity contribution is 4.86. The second-order valence-electron chi connectivity index (χ2n) is 1.31. The normalized spacial score (nSPS) is 12.7. The molecule has 0 saturated heterocycles. The Bertz CT molecular complexity index is 72.6. The molecule has 0 aliphatic carbocycles. The van der Waals surface area contributed by atoms with Crippen LogP contribution >= 0.6 is 0 Å². The summed E-state index contributed by atoms with van der Waals surface area (Å²) in [5.41, 5.74) is 0. The zero-order valence-electron chi connectivity index (χ0n) is 4.60. The summed E-state index contributed by atoms with van der Waals surface area (Å²) in [5, 5.41) is 10.9. The molecule has 1 N–H and O–H groups in total. The van der Waals surface area contributed by atoms with Crippen LogP contribution in [0.5, 0.6) is 0 Å². The van der Waals surface area contributed by atoms with E-state index in [-0.39, 0.29) is 6.04 Å². The Morgan fingerprint density at radius 1 is 1.86 bits per heavy atom. The first-order chi connectivity index (χ1) is 3.31. The van der Waals surface area contributed by atoms with Crippen molar-refractivity contribution in [2.24, 2.45) is 0 Å². The molecule has 0 heterocycles. The summed E-state index contributed by atoms with van der Waals surface area (Å²) in [4.78, 5) is 0. The van der Waals surface area contributed by atoms with Crippen molar-refractivity contribution in [1.82, 2.24) is 5.32 Å². The van der Waals surface area contributed by atoms with Crippen LogP contribution in [0.15, 0.2) is 0 Å². The van der Waals surface area contributed by atoms with Gasteiger partial charge in [0.2, 0.25) is 0 Å². The molecular weight excluding hydrogens is 88.1 g/mol. The summed E-state index contributed by atoms with van der Waals surface area (Å²) in [6.07, 6.45) is 0. The third-order valence-corrected chi connectivity index (χ3v) is 0.610. The Balaban J connectivity index is 3.04. The minimum atomic E-state index is -0.0509. The van der Waals surface area contributed by atoms with E-state index in [0.29, 0.717) is 0 Å². The predicted molar refractivity (Wildman–Crippen MR) is 28.2 cm³/mol. The molecule has 0 rings (SSSR count). The van der Waals surface area contributed by atoms with Crippen molar-refractivity contribution in [3.63, 3.8) is 0 Å². The molecule has 0 bridgehead atoms. The summed E-state index contributed by atoms with van der Waals surface area (Å²) in [7, 11) is 0. The zero-order valence-corrected chi connectivity index (χ0v) is 4.60. The topological polar surface area (TPSA) is 35.8 Å². The van der Waals surface area contributed by atoms with Gasteiger partial charge in [-0.2, -0.15) is 5.26 Å². The molecule has 1 radical (unpaired) electrons. The van der Waals surface area contributed by atoms with Crippen molar-refractivity contribution >= 4 is 0 Å². The predicted octanol–water partition coefficient (Wildman–Crippen LogP) is 0.670. The van der Waals surface area contributed by atoms with Gasteiger partial charge in [0.05, 0.1) is 12.1 Å². The second kappa shape index (κ2) is 3.63. The average Bonchev–Trinajstić information content (AvgIpc) is 1.68. The number of hydrogen-bond acceptors (Lipinski definition) is 2. The van der Waals surface area contributed by atoms with Crippen LogP contribution in [0.3, 0.4) is 0 Å². The first kappa shape index (κ1) is 6.45. The van der Waals surface area contributed by atoms with Crippen molar-refractivity contribution in [3.05, 3.63) is 6.54 Å². The summed E-state index contributed by atoms with van der Waals surface area (Å²) in [6.45, 7) is 5.42. The van der Waals surface area contributed by atoms with Crippen molar-refractivity contribution in [3.8, 4) is 6.07 Å². The van der Waals surface area contributed by atoms with E-state index in [9.17, 15) is 0 Å². The van der Waals surface area contributed by atoms with Crippen LogP contribution in [0, 0.1) is 17.9 Å². The van der Waals surface area contributed by atoms with E-state index < -0.39 is 0 Å². The molecule has 0 aromatic heterocycles. The van der Waals surface area contributed by atoms with Crippen molar-refractivity contribution in [1.29, 1.82) is 5.26 Å². The van der Waals surface area contributed by atoms with Gasteiger partial charge < -0.3 is 0 Å². The van der Waals surface area contributed by atoms with E-state index >= 15 is 0 Å². The molecule has 0 aliphatic rings. The first-order valence-corrected chi connectivity index (χ1v) is 2.24. The fourth-order valence-electron chi connectivity index (χ4n) is 0.287. The molecule has 1 atom stereocenters. The minimum Gasteiger partial charge on any atom is -0.298 e. The number of rotatable bonds is 2. The molecular formula is C5H9N2. The van der Waals surface area contributed by atoms with E-state index in [1.165, 1.54) is 0 Å². The molecule has 0 aliphatic heterocycles. The molecule has 0 fully saturated rings. The van der Waals surface area contributed by atoms with E-state index in [1.807, 2.05) is 13.0 Å². The van der Waals surface area contributed by atoms with Gasteiger partial charge in [0.1, 0.15) is 0 Å². The van der Waals surface area contributed by atoms with Crippen LogP contribution in [0.1, 0.15) is 13.8 Å². The Kier molecular flexibility index (Phi) is 3.35. The van der Waals surface area contributed by atoms with Crippen LogP contribution in [-0.4, -0.2) is 6.04 Å². The quantitative estimate of drug-likeness (QED) is 0.549. The summed E-state index contributed by atoms with van der Waals surface area (Å²) in [5.74, 6) is 0. The van der Waals surface area contributed by atoms with E-state index in [0.717, 1.165) is 0 Å². The van der Waals surface area contributed by atoms with Crippen molar-refractivity contribution in [2.45, 2.75) is 19.9 Å². The standard InChI is InChI=1S/C5H9N2/c1-3-7-5(2)4-6/h3,5,7H,1-2H3. The molecule has 0 spiro atoms. The molecule has 0 aromatic carbocycles. The van der Waals surface area contributed by atoms with Gasteiger partial charge in [0.15, 0.2) is 0 Å². The van der Waals surface area contributed by atoms with Crippen LogP contribution < -0.4 is 5.32 Å². The summed E-state index contributed by atoms with van der Waals surface area (Å²) >= 11 is 0. The van der Waals surface area contributed by atoms with Crippen LogP contribution in [0.25, 0.3) is 0 Å². The molecule has 2 heteroatoms. The highest BCUT2D eigenvalue weighted by Gasteiger charge is 1.90. The Morgan fingerprint density at radius 3 is 2.57 bits per heavy atom. The number of nitrogens with zero attached hydrogens (tertiary/aromatic N) is 1. The van der Waals surface area contributed by atoms with Gasteiger partial charge in [0.25, 0.3) is 0 Å². The van der Waals surface area contributed by atoms with Crippen LogP contribution in [0.4, 0.5) is 0 Å². The van der Waals surface area contributed by atoms with Gasteiger partial charge >= 0.3 is 0 Å². The highest BCUT2D eigenvalue weighted by Crippen LogP contribution is 1.74. The van der Waals surface area contributed by atoms with Gasteiger partial charge in [-0.3, -0.25) is 5.32 Å². The number of nitriles is 1.